The zero-order valence-corrected chi connectivity index (χ0v) is 24.7. The second-order valence-electron chi connectivity index (χ2n) is 12.2. The zero-order valence-electron chi connectivity index (χ0n) is 23.2. The van der Waals surface area contributed by atoms with Crippen molar-refractivity contribution >= 4 is 55.9 Å². The number of amides is 2. The van der Waals surface area contributed by atoms with Crippen LogP contribution in [0.25, 0.3) is 32.2 Å². The van der Waals surface area contributed by atoms with Crippen molar-refractivity contribution in [1.29, 1.82) is 5.26 Å². The molecule has 2 aliphatic rings. The lowest BCUT2D eigenvalue weighted by Gasteiger charge is -2.32. The van der Waals surface area contributed by atoms with E-state index in [9.17, 15) is 14.9 Å². The molecule has 0 aliphatic carbocycles. The summed E-state index contributed by atoms with van der Waals surface area (Å²) < 4.78 is 3.17. The molecule has 2 aliphatic heterocycles. The highest BCUT2D eigenvalue weighted by atomic mass is 35.5. The molecule has 206 valence electrons. The molecule has 2 amide bonds. The number of nitrogens with one attached hydrogen (secondary N) is 1. The largest absolute Gasteiger partial charge is 0.345 e. The Morgan fingerprint density at radius 1 is 1.05 bits per heavy atom. The monoisotopic (exact) mass is 573 g/mol. The molecule has 2 fully saturated rings. The number of carbonyl (C=O) groups excluding carboxylic acids is 2. The van der Waals surface area contributed by atoms with Crippen LogP contribution in [0, 0.1) is 27.6 Å². The van der Waals surface area contributed by atoms with Crippen LogP contribution < -0.4 is 5.32 Å². The number of pyridine rings is 1. The lowest BCUT2D eigenvalue weighted by atomic mass is 9.70. The molecule has 6 rings (SSSR count). The summed E-state index contributed by atoms with van der Waals surface area (Å²) in [5.74, 6) is -0.293. The predicted octanol–water partition coefficient (Wildman–Crippen LogP) is 6.39. The summed E-state index contributed by atoms with van der Waals surface area (Å²) in [5, 5.41) is 15.2. The summed E-state index contributed by atoms with van der Waals surface area (Å²) in [5.41, 5.74) is 1.86. The van der Waals surface area contributed by atoms with Crippen molar-refractivity contribution in [2.24, 2.45) is 16.2 Å². The number of hydrogen-bond donors (Lipinski definition) is 1. The summed E-state index contributed by atoms with van der Waals surface area (Å²) in [6.45, 7) is 9.89. The maximum atomic E-state index is 13.2. The fourth-order valence-corrected chi connectivity index (χ4v) is 7.42. The van der Waals surface area contributed by atoms with Crippen molar-refractivity contribution in [3.8, 4) is 17.2 Å². The van der Waals surface area contributed by atoms with Crippen LogP contribution in [0.3, 0.4) is 0 Å². The molecule has 0 saturated carbocycles. The van der Waals surface area contributed by atoms with Crippen LogP contribution in [0.5, 0.6) is 0 Å². The number of piperidine rings is 1. The third-order valence-corrected chi connectivity index (χ3v) is 10.6. The summed E-state index contributed by atoms with van der Waals surface area (Å²) in [6.07, 6.45) is 5.46. The van der Waals surface area contributed by atoms with E-state index in [-0.39, 0.29) is 18.4 Å². The van der Waals surface area contributed by atoms with Crippen LogP contribution in [0.15, 0.2) is 42.7 Å². The molecule has 0 spiro atoms. The topological polar surface area (TPSA) is 91.0 Å². The van der Waals surface area contributed by atoms with Gasteiger partial charge in [-0.1, -0.05) is 11.6 Å². The maximum absolute atomic E-state index is 13.2. The molecule has 1 N–H and O–H groups in total. The van der Waals surface area contributed by atoms with Gasteiger partial charge < -0.3 is 9.88 Å². The Labute approximate surface area is 242 Å². The van der Waals surface area contributed by atoms with E-state index in [1.807, 2.05) is 52.0 Å². The summed E-state index contributed by atoms with van der Waals surface area (Å²) in [6, 6.07) is 12.6. The number of nitrogens with zero attached hydrogens (tertiary/aromatic N) is 4. The number of nitriles is 1. The Hall–Kier alpha value is -3.25. The minimum absolute atomic E-state index is 0.146. The molecule has 1 aromatic carbocycles. The normalized spacial score (nSPS) is 19.9. The first-order valence-electron chi connectivity index (χ1n) is 13.6. The van der Waals surface area contributed by atoms with Gasteiger partial charge in [-0.05, 0) is 84.0 Å². The number of carbonyl (C=O) groups is 2. The number of aromatic nitrogens is 2. The van der Waals surface area contributed by atoms with E-state index in [0.717, 1.165) is 63.1 Å². The molecular formula is C31H32ClN5O2S. The Kier molecular flexibility index (Phi) is 6.34. The average Bonchev–Trinajstić information content (AvgIpc) is 3.56. The summed E-state index contributed by atoms with van der Waals surface area (Å²) in [7, 11) is 0. The van der Waals surface area contributed by atoms with Crippen molar-refractivity contribution in [2.45, 2.75) is 53.6 Å². The predicted molar refractivity (Wildman–Crippen MR) is 159 cm³/mol. The number of fused-ring (bicyclic) bond motifs is 2. The second-order valence-corrected chi connectivity index (χ2v) is 13.8. The fourth-order valence-electron chi connectivity index (χ4n) is 6.07. The van der Waals surface area contributed by atoms with E-state index in [2.05, 4.69) is 33.2 Å². The van der Waals surface area contributed by atoms with Crippen molar-refractivity contribution < 1.29 is 9.59 Å². The lowest BCUT2D eigenvalue weighted by molar-refractivity contribution is -0.142. The van der Waals surface area contributed by atoms with Gasteiger partial charge in [0.05, 0.1) is 44.6 Å². The van der Waals surface area contributed by atoms with Gasteiger partial charge in [-0.3, -0.25) is 19.5 Å². The molecule has 0 radical (unpaired) electrons. The van der Waals surface area contributed by atoms with Gasteiger partial charge in [0, 0.05) is 45.4 Å². The van der Waals surface area contributed by atoms with Gasteiger partial charge in [0.25, 0.3) is 0 Å². The van der Waals surface area contributed by atoms with Crippen molar-refractivity contribution in [1.82, 2.24) is 19.8 Å². The number of halogens is 1. The molecular weight excluding hydrogens is 542 g/mol. The summed E-state index contributed by atoms with van der Waals surface area (Å²) in [4.78, 5) is 33.4. The van der Waals surface area contributed by atoms with Crippen molar-refractivity contribution in [2.75, 3.05) is 13.1 Å². The number of likely N-dealkylation sites (tertiary alicyclic amines) is 1. The Morgan fingerprint density at radius 3 is 2.42 bits per heavy atom. The van der Waals surface area contributed by atoms with Gasteiger partial charge in [-0.2, -0.15) is 5.26 Å². The fraction of sp³-hybridized carbons (Fsp3) is 0.419. The zero-order chi connectivity index (χ0) is 28.4. The van der Waals surface area contributed by atoms with E-state index < -0.39 is 16.2 Å². The maximum Gasteiger partial charge on any atom is 0.236 e. The molecule has 9 heteroatoms. The lowest BCUT2D eigenvalue weighted by Crippen LogP contribution is -2.38. The van der Waals surface area contributed by atoms with E-state index in [4.69, 9.17) is 11.6 Å². The van der Waals surface area contributed by atoms with E-state index in [1.165, 1.54) is 4.90 Å². The second kappa shape index (κ2) is 9.41. The first kappa shape index (κ1) is 26.9. The molecule has 40 heavy (non-hydrogen) atoms. The number of rotatable bonds is 5. The van der Waals surface area contributed by atoms with Crippen LogP contribution in [0.4, 0.5) is 0 Å². The van der Waals surface area contributed by atoms with Crippen molar-refractivity contribution in [3.05, 3.63) is 52.6 Å². The number of benzene rings is 1. The summed E-state index contributed by atoms with van der Waals surface area (Å²) >= 11 is 8.17. The van der Waals surface area contributed by atoms with E-state index in [0.29, 0.717) is 11.6 Å². The Balaban J connectivity index is 1.43. The standard InChI is InChI=1S/C31H32ClN5O2S/c1-29(2)27(38)37(28(39)30(29,3)4)16-21-15-24-26(40-21)22(5-9-35-24)23-14-20(32)13-19-6-12-36(25(19)23)18-31(17-33)7-10-34-11-8-31/h5-6,9,12-15,34H,7-8,10-11,16,18H2,1-4H3. The molecule has 7 nitrogen and oxygen atoms in total. The molecule has 0 bridgehead atoms. The van der Waals surface area contributed by atoms with Crippen molar-refractivity contribution in [3.63, 3.8) is 0 Å². The molecule has 0 unspecified atom stereocenters. The molecule has 4 aromatic rings. The van der Waals surface area contributed by atoms with Gasteiger partial charge in [0.2, 0.25) is 11.8 Å². The first-order valence-corrected chi connectivity index (χ1v) is 14.8. The van der Waals surface area contributed by atoms with Crippen LogP contribution in [-0.2, 0) is 22.7 Å². The number of thiophene rings is 1. The molecule has 2 saturated heterocycles. The van der Waals surface area contributed by atoms with E-state index in [1.54, 1.807) is 17.5 Å². The highest BCUT2D eigenvalue weighted by molar-refractivity contribution is 7.19. The first-order chi connectivity index (χ1) is 19.0. The third kappa shape index (κ3) is 4.06. The minimum atomic E-state index is -0.767. The molecule has 0 atom stereocenters. The Morgan fingerprint density at radius 2 is 1.75 bits per heavy atom. The van der Waals surface area contributed by atoms with Crippen LogP contribution in [0.1, 0.15) is 45.4 Å². The highest BCUT2D eigenvalue weighted by Crippen LogP contribution is 2.48. The minimum Gasteiger partial charge on any atom is -0.345 e. The number of hydrogen-bond acceptors (Lipinski definition) is 6. The van der Waals surface area contributed by atoms with Gasteiger partial charge in [-0.15, -0.1) is 11.3 Å². The van der Waals surface area contributed by atoms with Gasteiger partial charge in [0.15, 0.2) is 0 Å². The third-order valence-electron chi connectivity index (χ3n) is 9.29. The van der Waals surface area contributed by atoms with E-state index >= 15 is 0 Å². The SMILES string of the molecule is CC1(C)C(=O)N(Cc2cc3nccc(-c4cc(Cl)cc5ccn(CC6(C#N)CCNCC6)c45)c3s2)C(=O)C1(C)C. The molecule has 5 heterocycles. The quantitative estimate of drug-likeness (QED) is 0.279. The van der Waals surface area contributed by atoms with Crippen LogP contribution >= 0.6 is 22.9 Å². The number of imide groups is 1. The van der Waals surface area contributed by atoms with Gasteiger partial charge in [-0.25, -0.2) is 0 Å². The van der Waals surface area contributed by atoms with Crippen LogP contribution in [0.2, 0.25) is 5.02 Å². The van der Waals surface area contributed by atoms with Gasteiger partial charge in [0.1, 0.15) is 0 Å². The average molecular weight is 574 g/mol. The Bertz CT molecular complexity index is 1690. The molecule has 3 aromatic heterocycles. The smallest absolute Gasteiger partial charge is 0.236 e. The van der Waals surface area contributed by atoms with Crippen LogP contribution in [-0.4, -0.2) is 39.4 Å². The highest BCUT2D eigenvalue weighted by Gasteiger charge is 2.59. The van der Waals surface area contributed by atoms with Gasteiger partial charge >= 0.3 is 0 Å².